The van der Waals surface area contributed by atoms with Gasteiger partial charge in [-0.15, -0.1) is 0 Å². The van der Waals surface area contributed by atoms with Crippen LogP contribution in [0.5, 0.6) is 0 Å². The number of anilines is 1. The van der Waals surface area contributed by atoms with Crippen molar-refractivity contribution in [3.05, 3.63) is 59.1 Å². The quantitative estimate of drug-likeness (QED) is 0.480. The van der Waals surface area contributed by atoms with Gasteiger partial charge in [0.15, 0.2) is 0 Å². The highest BCUT2D eigenvalue weighted by Gasteiger charge is 2.31. The number of fused-ring (bicyclic) bond motifs is 1. The van der Waals surface area contributed by atoms with Crippen LogP contribution in [0.2, 0.25) is 5.02 Å². The molecule has 3 aromatic rings. The lowest BCUT2D eigenvalue weighted by atomic mass is 10.1. The number of halogens is 1. The average molecular weight is 495 g/mol. The molecule has 0 unspecified atom stereocenters. The standard InChI is InChI=1S/C27H31ClN4O3/c1-5-14-35-27(34)32-13-12-31(17-18(32)2)26(33)20-8-11-22-23(28)16-24(29-25(22)15-20)19-6-9-21(10-7-19)30(3)4/h6-11,15-16,18H,5,12-14,17H2,1-4H3/t18-/m1/s1. The number of nitrogens with zero attached hydrogens (tertiary/aromatic N) is 4. The minimum Gasteiger partial charge on any atom is -0.449 e. The Morgan fingerprint density at radius 3 is 2.51 bits per heavy atom. The molecule has 1 saturated heterocycles. The number of pyridine rings is 1. The molecule has 0 spiro atoms. The molecule has 35 heavy (non-hydrogen) atoms. The van der Waals surface area contributed by atoms with Crippen LogP contribution in [-0.4, -0.2) is 73.2 Å². The van der Waals surface area contributed by atoms with Crippen LogP contribution in [0.25, 0.3) is 22.2 Å². The zero-order valence-electron chi connectivity index (χ0n) is 20.6. The van der Waals surface area contributed by atoms with Crippen molar-refractivity contribution in [2.75, 3.05) is 45.2 Å². The predicted molar refractivity (Wildman–Crippen MR) is 140 cm³/mol. The van der Waals surface area contributed by atoms with Crippen LogP contribution in [0.3, 0.4) is 0 Å². The van der Waals surface area contributed by atoms with Gasteiger partial charge in [0.2, 0.25) is 0 Å². The molecule has 0 bridgehead atoms. The SMILES string of the molecule is CCCOC(=O)N1CCN(C(=O)c2ccc3c(Cl)cc(-c4ccc(N(C)C)cc4)nc3c2)C[C@H]1C. The summed E-state index contributed by atoms with van der Waals surface area (Å²) in [6, 6.07) is 15.3. The van der Waals surface area contributed by atoms with Gasteiger partial charge in [-0.2, -0.15) is 0 Å². The summed E-state index contributed by atoms with van der Waals surface area (Å²) in [6.07, 6.45) is 0.462. The van der Waals surface area contributed by atoms with E-state index >= 15 is 0 Å². The summed E-state index contributed by atoms with van der Waals surface area (Å²) in [5, 5.41) is 1.39. The molecule has 1 atom stereocenters. The molecule has 1 fully saturated rings. The largest absolute Gasteiger partial charge is 0.449 e. The second-order valence-corrected chi connectivity index (χ2v) is 9.48. The van der Waals surface area contributed by atoms with Crippen molar-refractivity contribution >= 4 is 40.2 Å². The van der Waals surface area contributed by atoms with Crippen molar-refractivity contribution in [3.63, 3.8) is 0 Å². The van der Waals surface area contributed by atoms with E-state index in [0.29, 0.717) is 42.3 Å². The predicted octanol–water partition coefficient (Wildman–Crippen LogP) is 5.31. The first-order chi connectivity index (χ1) is 16.8. The lowest BCUT2D eigenvalue weighted by molar-refractivity contribution is 0.0412. The second kappa shape index (κ2) is 10.5. The van der Waals surface area contributed by atoms with Crippen LogP contribution in [0, 0.1) is 0 Å². The topological polar surface area (TPSA) is 66.0 Å². The minimum atomic E-state index is -0.317. The first-order valence-corrected chi connectivity index (χ1v) is 12.3. The Hall–Kier alpha value is -3.32. The lowest BCUT2D eigenvalue weighted by Crippen LogP contribution is -2.55. The number of carbonyl (C=O) groups excluding carboxylic acids is 2. The van der Waals surface area contributed by atoms with Crippen LogP contribution >= 0.6 is 11.6 Å². The molecule has 0 aliphatic carbocycles. The molecular weight excluding hydrogens is 464 g/mol. The molecule has 1 aromatic heterocycles. The molecule has 1 aliphatic rings. The van der Waals surface area contributed by atoms with Gasteiger partial charge in [-0.05, 0) is 43.7 Å². The summed E-state index contributed by atoms with van der Waals surface area (Å²) in [5.41, 5.74) is 4.03. The summed E-state index contributed by atoms with van der Waals surface area (Å²) >= 11 is 6.58. The zero-order valence-corrected chi connectivity index (χ0v) is 21.4. The van der Waals surface area contributed by atoms with Crippen molar-refractivity contribution in [2.24, 2.45) is 0 Å². The Bertz CT molecular complexity index is 1230. The van der Waals surface area contributed by atoms with Crippen LogP contribution in [0.1, 0.15) is 30.6 Å². The van der Waals surface area contributed by atoms with Gasteiger partial charge in [0, 0.05) is 62.0 Å². The molecule has 0 N–H and O–H groups in total. The third kappa shape index (κ3) is 5.35. The summed E-state index contributed by atoms with van der Waals surface area (Å²) in [6.45, 7) is 5.64. The van der Waals surface area contributed by atoms with Crippen molar-refractivity contribution < 1.29 is 14.3 Å². The maximum Gasteiger partial charge on any atom is 0.410 e. The Kier molecular flexibility index (Phi) is 7.45. The van der Waals surface area contributed by atoms with E-state index in [2.05, 4.69) is 0 Å². The smallest absolute Gasteiger partial charge is 0.410 e. The summed E-state index contributed by atoms with van der Waals surface area (Å²) in [7, 11) is 3.99. The Labute approximate surface area is 211 Å². The highest BCUT2D eigenvalue weighted by atomic mass is 35.5. The van der Waals surface area contributed by atoms with Crippen molar-refractivity contribution in [1.82, 2.24) is 14.8 Å². The highest BCUT2D eigenvalue weighted by Crippen LogP contribution is 2.30. The van der Waals surface area contributed by atoms with Crippen LogP contribution in [0.15, 0.2) is 48.5 Å². The number of benzene rings is 2. The van der Waals surface area contributed by atoms with Gasteiger partial charge in [0.1, 0.15) is 0 Å². The highest BCUT2D eigenvalue weighted by molar-refractivity contribution is 6.35. The third-order valence-electron chi connectivity index (χ3n) is 6.26. The molecular formula is C27H31ClN4O3. The number of ether oxygens (including phenoxy) is 1. The van der Waals surface area contributed by atoms with Gasteiger partial charge in [-0.1, -0.05) is 36.7 Å². The number of amides is 2. The van der Waals surface area contributed by atoms with Crippen LogP contribution < -0.4 is 4.90 Å². The molecule has 2 heterocycles. The second-order valence-electron chi connectivity index (χ2n) is 9.07. The maximum atomic E-state index is 13.3. The van der Waals surface area contributed by atoms with E-state index in [9.17, 15) is 9.59 Å². The van der Waals surface area contributed by atoms with Gasteiger partial charge >= 0.3 is 6.09 Å². The molecule has 0 saturated carbocycles. The Balaban J connectivity index is 1.55. The summed E-state index contributed by atoms with van der Waals surface area (Å²) in [5.74, 6) is -0.0843. The molecule has 8 heteroatoms. The normalized spacial score (nSPS) is 15.9. The molecule has 4 rings (SSSR count). The number of rotatable bonds is 5. The van der Waals surface area contributed by atoms with Gasteiger partial charge in [-0.25, -0.2) is 9.78 Å². The van der Waals surface area contributed by atoms with E-state index in [-0.39, 0.29) is 18.0 Å². The van der Waals surface area contributed by atoms with E-state index < -0.39 is 0 Å². The molecule has 7 nitrogen and oxygen atoms in total. The molecule has 184 valence electrons. The fraction of sp³-hybridized carbons (Fsp3) is 0.370. The van der Waals surface area contributed by atoms with E-state index in [0.717, 1.165) is 28.8 Å². The van der Waals surface area contributed by atoms with Crippen molar-refractivity contribution in [2.45, 2.75) is 26.3 Å². The first kappa shape index (κ1) is 24.8. The first-order valence-electron chi connectivity index (χ1n) is 11.9. The van der Waals surface area contributed by atoms with E-state index in [1.807, 2.05) is 69.2 Å². The number of piperazine rings is 1. The minimum absolute atomic E-state index is 0.0843. The van der Waals surface area contributed by atoms with Gasteiger partial charge in [0.05, 0.1) is 22.8 Å². The van der Waals surface area contributed by atoms with E-state index in [4.69, 9.17) is 21.3 Å². The average Bonchev–Trinajstić information content (AvgIpc) is 2.86. The fourth-order valence-corrected chi connectivity index (χ4v) is 4.53. The number of carbonyl (C=O) groups is 2. The van der Waals surface area contributed by atoms with Gasteiger partial charge in [0.25, 0.3) is 5.91 Å². The molecule has 0 radical (unpaired) electrons. The van der Waals surface area contributed by atoms with Gasteiger partial charge in [-0.3, -0.25) is 4.79 Å². The fourth-order valence-electron chi connectivity index (χ4n) is 4.27. The van der Waals surface area contributed by atoms with E-state index in [1.165, 1.54) is 0 Å². The summed E-state index contributed by atoms with van der Waals surface area (Å²) in [4.78, 5) is 35.9. The van der Waals surface area contributed by atoms with Gasteiger partial charge < -0.3 is 19.4 Å². The Morgan fingerprint density at radius 2 is 1.86 bits per heavy atom. The number of aromatic nitrogens is 1. The number of hydrogen-bond acceptors (Lipinski definition) is 5. The van der Waals surface area contributed by atoms with E-state index in [1.54, 1.807) is 21.9 Å². The number of hydrogen-bond donors (Lipinski definition) is 0. The monoisotopic (exact) mass is 494 g/mol. The Morgan fingerprint density at radius 1 is 1.11 bits per heavy atom. The van der Waals surface area contributed by atoms with Crippen LogP contribution in [0.4, 0.5) is 10.5 Å². The van der Waals surface area contributed by atoms with Crippen LogP contribution in [-0.2, 0) is 4.74 Å². The molecule has 2 aromatic carbocycles. The lowest BCUT2D eigenvalue weighted by Gasteiger charge is -2.39. The maximum absolute atomic E-state index is 13.3. The molecule has 1 aliphatic heterocycles. The van der Waals surface area contributed by atoms with Crippen molar-refractivity contribution in [1.29, 1.82) is 0 Å². The molecule has 2 amide bonds. The third-order valence-corrected chi connectivity index (χ3v) is 6.58. The summed E-state index contributed by atoms with van der Waals surface area (Å²) < 4.78 is 5.27. The van der Waals surface area contributed by atoms with Crippen molar-refractivity contribution in [3.8, 4) is 11.3 Å². The zero-order chi connectivity index (χ0) is 25.1.